The number of hydrazone groups is 1. The van der Waals surface area contributed by atoms with E-state index in [9.17, 15) is 4.79 Å². The number of aromatic nitrogens is 2. The molecule has 0 atom stereocenters. The van der Waals surface area contributed by atoms with E-state index in [1.807, 2.05) is 24.3 Å². The third-order valence-corrected chi connectivity index (χ3v) is 3.07. The molecule has 0 aliphatic rings. The quantitative estimate of drug-likeness (QED) is 0.462. The van der Waals surface area contributed by atoms with Gasteiger partial charge in [-0.15, -0.1) is 0 Å². The van der Waals surface area contributed by atoms with Gasteiger partial charge in [0, 0.05) is 12.4 Å². The third kappa shape index (κ3) is 5.86. The smallest absolute Gasteiger partial charge is 0.291 e. The average molecular weight is 312 g/mol. The van der Waals surface area contributed by atoms with Crippen LogP contribution in [-0.2, 0) is 0 Å². The summed E-state index contributed by atoms with van der Waals surface area (Å²) in [5.74, 6) is 0.437. The predicted octanol–water partition coefficient (Wildman–Crippen LogP) is 2.81. The Bertz CT molecular complexity index is 627. The maximum absolute atomic E-state index is 11.7. The molecule has 0 radical (unpaired) electrons. The number of amides is 1. The minimum absolute atomic E-state index is 0.223. The molecule has 0 unspecified atom stereocenters. The number of nitrogens with one attached hydrogen (secondary N) is 1. The van der Waals surface area contributed by atoms with Gasteiger partial charge < -0.3 is 4.74 Å². The summed E-state index contributed by atoms with van der Waals surface area (Å²) in [6, 6.07) is 7.54. The topological polar surface area (TPSA) is 76.5 Å². The molecule has 1 aromatic carbocycles. The molecule has 23 heavy (non-hydrogen) atoms. The number of carbonyl (C=O) groups is 1. The Morgan fingerprint density at radius 2 is 2.09 bits per heavy atom. The molecule has 0 fully saturated rings. The number of hydrogen-bond donors (Lipinski definition) is 1. The minimum Gasteiger partial charge on any atom is -0.494 e. The van der Waals surface area contributed by atoms with E-state index in [0.29, 0.717) is 0 Å². The van der Waals surface area contributed by atoms with Gasteiger partial charge in [0.2, 0.25) is 0 Å². The zero-order chi connectivity index (χ0) is 16.3. The van der Waals surface area contributed by atoms with Crippen molar-refractivity contribution in [1.82, 2.24) is 15.4 Å². The second-order valence-electron chi connectivity index (χ2n) is 4.91. The lowest BCUT2D eigenvalue weighted by Crippen LogP contribution is -2.19. The molecule has 0 aliphatic carbocycles. The normalized spacial score (nSPS) is 10.7. The molecule has 1 amide bonds. The molecule has 2 rings (SSSR count). The van der Waals surface area contributed by atoms with Gasteiger partial charge in [-0.25, -0.2) is 10.4 Å². The molecule has 6 nitrogen and oxygen atoms in total. The largest absolute Gasteiger partial charge is 0.494 e. The highest BCUT2D eigenvalue weighted by Gasteiger charge is 2.04. The fourth-order valence-corrected chi connectivity index (χ4v) is 1.83. The second-order valence-corrected chi connectivity index (χ2v) is 4.91. The third-order valence-electron chi connectivity index (χ3n) is 3.07. The Hall–Kier alpha value is -2.76. The molecular weight excluding hydrogens is 292 g/mol. The summed E-state index contributed by atoms with van der Waals surface area (Å²) in [5.41, 5.74) is 3.50. The molecular formula is C17H20N4O2. The SMILES string of the molecule is CCCCCOc1ccc(C=NNC(=O)c2cnccn2)cc1. The van der Waals surface area contributed by atoms with E-state index in [4.69, 9.17) is 4.74 Å². The van der Waals surface area contributed by atoms with Gasteiger partial charge in [0.25, 0.3) is 5.91 Å². The Balaban J connectivity index is 1.80. The van der Waals surface area contributed by atoms with Crippen LogP contribution in [0, 0.1) is 0 Å². The van der Waals surface area contributed by atoms with Crippen molar-refractivity contribution in [3.63, 3.8) is 0 Å². The first-order valence-electron chi connectivity index (χ1n) is 7.62. The van der Waals surface area contributed by atoms with Crippen molar-refractivity contribution >= 4 is 12.1 Å². The van der Waals surface area contributed by atoms with Crippen LogP contribution in [-0.4, -0.2) is 28.7 Å². The van der Waals surface area contributed by atoms with Crippen molar-refractivity contribution < 1.29 is 9.53 Å². The Morgan fingerprint density at radius 1 is 1.26 bits per heavy atom. The summed E-state index contributed by atoms with van der Waals surface area (Å²) < 4.78 is 5.63. The molecule has 1 aromatic heterocycles. The molecule has 120 valence electrons. The van der Waals surface area contributed by atoms with Gasteiger partial charge in [0.1, 0.15) is 11.4 Å². The van der Waals surface area contributed by atoms with Crippen LogP contribution in [0.1, 0.15) is 42.2 Å². The maximum atomic E-state index is 11.7. The molecule has 1 N–H and O–H groups in total. The van der Waals surface area contributed by atoms with E-state index >= 15 is 0 Å². The molecule has 0 spiro atoms. The van der Waals surface area contributed by atoms with Crippen LogP contribution in [0.4, 0.5) is 0 Å². The van der Waals surface area contributed by atoms with E-state index in [-0.39, 0.29) is 5.69 Å². The first-order valence-corrected chi connectivity index (χ1v) is 7.62. The van der Waals surface area contributed by atoms with Crippen LogP contribution in [0.25, 0.3) is 0 Å². The summed E-state index contributed by atoms with van der Waals surface area (Å²) in [6.45, 7) is 2.90. The average Bonchev–Trinajstić information content (AvgIpc) is 2.60. The number of unbranched alkanes of at least 4 members (excludes halogenated alkanes) is 2. The highest BCUT2D eigenvalue weighted by atomic mass is 16.5. The number of ether oxygens (including phenoxy) is 1. The van der Waals surface area contributed by atoms with Crippen molar-refractivity contribution in [2.45, 2.75) is 26.2 Å². The van der Waals surface area contributed by atoms with Crippen LogP contribution in [0.5, 0.6) is 5.75 Å². The fourth-order valence-electron chi connectivity index (χ4n) is 1.83. The van der Waals surface area contributed by atoms with Crippen molar-refractivity contribution in [1.29, 1.82) is 0 Å². The van der Waals surface area contributed by atoms with Crippen LogP contribution in [0.15, 0.2) is 48.0 Å². The zero-order valence-electron chi connectivity index (χ0n) is 13.1. The summed E-state index contributed by atoms with van der Waals surface area (Å²) in [7, 11) is 0. The highest BCUT2D eigenvalue weighted by Crippen LogP contribution is 2.11. The number of benzene rings is 1. The summed E-state index contributed by atoms with van der Waals surface area (Å²) in [6.07, 6.45) is 9.33. The number of carbonyl (C=O) groups excluding carboxylic acids is 1. The van der Waals surface area contributed by atoms with Crippen LogP contribution < -0.4 is 10.2 Å². The number of rotatable bonds is 8. The van der Waals surface area contributed by atoms with Gasteiger partial charge in [0.15, 0.2) is 0 Å². The van der Waals surface area contributed by atoms with Crippen molar-refractivity contribution in [2.75, 3.05) is 6.61 Å². The molecule has 1 heterocycles. The maximum Gasteiger partial charge on any atom is 0.291 e. The summed E-state index contributed by atoms with van der Waals surface area (Å²) in [5, 5.41) is 3.90. The first kappa shape index (κ1) is 16.6. The van der Waals surface area contributed by atoms with E-state index < -0.39 is 5.91 Å². The van der Waals surface area contributed by atoms with Crippen molar-refractivity contribution in [2.24, 2.45) is 5.10 Å². The van der Waals surface area contributed by atoms with Crippen LogP contribution >= 0.6 is 0 Å². The molecule has 6 heteroatoms. The van der Waals surface area contributed by atoms with Crippen LogP contribution in [0.2, 0.25) is 0 Å². The molecule has 2 aromatic rings. The van der Waals surface area contributed by atoms with Gasteiger partial charge in [0.05, 0.1) is 19.0 Å². The first-order chi connectivity index (χ1) is 11.3. The molecule has 0 aliphatic heterocycles. The molecule has 0 bridgehead atoms. The lowest BCUT2D eigenvalue weighted by Gasteiger charge is -2.05. The van der Waals surface area contributed by atoms with Crippen molar-refractivity contribution in [3.8, 4) is 5.75 Å². The fraction of sp³-hybridized carbons (Fsp3) is 0.294. The predicted molar refractivity (Wildman–Crippen MR) is 88.6 cm³/mol. The van der Waals surface area contributed by atoms with Crippen LogP contribution in [0.3, 0.4) is 0 Å². The van der Waals surface area contributed by atoms with Gasteiger partial charge in [-0.3, -0.25) is 9.78 Å². The van der Waals surface area contributed by atoms with E-state index in [2.05, 4.69) is 27.4 Å². The molecule has 0 saturated heterocycles. The monoisotopic (exact) mass is 312 g/mol. The molecule has 0 saturated carbocycles. The van der Waals surface area contributed by atoms with Gasteiger partial charge in [-0.1, -0.05) is 19.8 Å². The zero-order valence-corrected chi connectivity index (χ0v) is 13.1. The van der Waals surface area contributed by atoms with Crippen molar-refractivity contribution in [3.05, 3.63) is 54.1 Å². The lowest BCUT2D eigenvalue weighted by molar-refractivity contribution is 0.0949. The van der Waals surface area contributed by atoms with Gasteiger partial charge in [-0.05, 0) is 36.2 Å². The lowest BCUT2D eigenvalue weighted by atomic mass is 10.2. The van der Waals surface area contributed by atoms with E-state index in [1.54, 1.807) is 6.21 Å². The summed E-state index contributed by atoms with van der Waals surface area (Å²) >= 11 is 0. The van der Waals surface area contributed by atoms with Gasteiger partial charge in [-0.2, -0.15) is 5.10 Å². The van der Waals surface area contributed by atoms with E-state index in [0.717, 1.165) is 24.3 Å². The summed E-state index contributed by atoms with van der Waals surface area (Å²) in [4.78, 5) is 19.4. The number of hydrogen-bond acceptors (Lipinski definition) is 5. The van der Waals surface area contributed by atoms with Gasteiger partial charge >= 0.3 is 0 Å². The Morgan fingerprint density at radius 3 is 2.78 bits per heavy atom. The standard InChI is InChI=1S/C17H20N4O2/c1-2-3-4-11-23-15-7-5-14(6-8-15)12-20-21-17(22)16-13-18-9-10-19-16/h5-10,12-13H,2-4,11H2,1H3,(H,21,22). The Kier molecular flexibility index (Phi) is 6.71. The van der Waals surface area contributed by atoms with E-state index in [1.165, 1.54) is 31.4 Å². The highest BCUT2D eigenvalue weighted by molar-refractivity contribution is 5.92. The number of nitrogens with zero attached hydrogens (tertiary/aromatic N) is 3. The Labute approximate surface area is 135 Å². The minimum atomic E-state index is -0.398. The second kappa shape index (κ2) is 9.30.